The summed E-state index contributed by atoms with van der Waals surface area (Å²) in [6.45, 7) is 6.67. The van der Waals surface area contributed by atoms with Crippen LogP contribution in [-0.2, 0) is 0 Å². The summed E-state index contributed by atoms with van der Waals surface area (Å²) in [6, 6.07) is -0.426. The van der Waals surface area contributed by atoms with Crippen LogP contribution in [-0.4, -0.2) is 6.04 Å². The molecule has 0 N–H and O–H groups in total. The average Bonchev–Trinajstić information content (AvgIpc) is 2.00. The van der Waals surface area contributed by atoms with Gasteiger partial charge in [-0.15, -0.1) is 4.91 Å². The van der Waals surface area contributed by atoms with E-state index in [1.54, 1.807) is 13.8 Å². The van der Waals surface area contributed by atoms with Crippen molar-refractivity contribution in [2.24, 2.45) is 16.3 Å². The Bertz CT molecular complexity index is 156. The van der Waals surface area contributed by atoms with Crippen LogP contribution in [0.2, 0.25) is 0 Å². The van der Waals surface area contributed by atoms with E-state index in [9.17, 15) is 9.81 Å². The number of hydrogen-bond acceptors (Lipinski definition) is 4. The fourth-order valence-corrected chi connectivity index (χ4v) is 0.453. The predicted molar refractivity (Wildman–Crippen MR) is 39.4 cm³/mol. The second-order valence-corrected chi connectivity index (χ2v) is 2.22. The zero-order valence-electron chi connectivity index (χ0n) is 6.07. The molecule has 0 heterocycles. The highest BCUT2D eigenvalue weighted by atomic mass is 16.3. The molecule has 0 aliphatic rings. The van der Waals surface area contributed by atoms with Gasteiger partial charge in [-0.2, -0.15) is 4.91 Å². The Balaban J connectivity index is 4.05. The SMILES string of the molecule is C=C(N=O)C(C)C(C)N=O. The van der Waals surface area contributed by atoms with Gasteiger partial charge in [-0.25, -0.2) is 0 Å². The molecule has 0 saturated carbocycles. The third-order valence-electron chi connectivity index (χ3n) is 1.53. The molecule has 0 aliphatic carbocycles. The Morgan fingerprint density at radius 3 is 2.20 bits per heavy atom. The van der Waals surface area contributed by atoms with Gasteiger partial charge in [-0.05, 0) is 12.1 Å². The second-order valence-electron chi connectivity index (χ2n) is 2.22. The standard InChI is InChI=1S/C6H10N2O2/c1-4(5(2)7-9)6(3)8-10/h4,6H,2H2,1,3H3. The molecule has 0 radical (unpaired) electrons. The molecular weight excluding hydrogens is 132 g/mol. The Hall–Kier alpha value is -1.06. The minimum Gasteiger partial charge on any atom is -0.151 e. The van der Waals surface area contributed by atoms with E-state index in [0.717, 1.165) is 0 Å². The first-order chi connectivity index (χ1) is 4.63. The maximum atomic E-state index is 9.93. The molecule has 10 heavy (non-hydrogen) atoms. The smallest absolute Gasteiger partial charge is 0.0973 e. The lowest BCUT2D eigenvalue weighted by atomic mass is 10.0. The highest BCUT2D eigenvalue weighted by Crippen LogP contribution is 2.15. The van der Waals surface area contributed by atoms with E-state index < -0.39 is 6.04 Å². The van der Waals surface area contributed by atoms with Gasteiger partial charge in [0.1, 0.15) is 0 Å². The van der Waals surface area contributed by atoms with E-state index in [1.165, 1.54) is 0 Å². The van der Waals surface area contributed by atoms with E-state index in [0.29, 0.717) is 0 Å². The predicted octanol–water partition coefficient (Wildman–Crippen LogP) is 2.06. The van der Waals surface area contributed by atoms with Crippen LogP contribution < -0.4 is 0 Å². The third-order valence-corrected chi connectivity index (χ3v) is 1.53. The molecule has 56 valence electrons. The van der Waals surface area contributed by atoms with Crippen molar-refractivity contribution in [2.75, 3.05) is 0 Å². The first-order valence-electron chi connectivity index (χ1n) is 2.98. The highest BCUT2D eigenvalue weighted by molar-refractivity contribution is 4.99. The van der Waals surface area contributed by atoms with E-state index >= 15 is 0 Å². The van der Waals surface area contributed by atoms with Gasteiger partial charge in [0, 0.05) is 5.92 Å². The van der Waals surface area contributed by atoms with Gasteiger partial charge in [0.15, 0.2) is 0 Å². The molecule has 2 unspecified atom stereocenters. The molecule has 0 spiro atoms. The molecule has 4 nitrogen and oxygen atoms in total. The van der Waals surface area contributed by atoms with Crippen molar-refractivity contribution in [3.05, 3.63) is 22.1 Å². The van der Waals surface area contributed by atoms with E-state index in [1.807, 2.05) is 0 Å². The van der Waals surface area contributed by atoms with Gasteiger partial charge >= 0.3 is 0 Å². The van der Waals surface area contributed by atoms with Crippen LogP contribution >= 0.6 is 0 Å². The Kier molecular flexibility index (Phi) is 3.46. The minimum absolute atomic E-state index is 0.173. The molecule has 0 rings (SSSR count). The van der Waals surface area contributed by atoms with Crippen LogP contribution in [0.3, 0.4) is 0 Å². The molecule has 0 aromatic heterocycles. The Morgan fingerprint density at radius 1 is 1.40 bits per heavy atom. The summed E-state index contributed by atoms with van der Waals surface area (Å²) in [5.41, 5.74) is 0.173. The van der Waals surface area contributed by atoms with Crippen molar-refractivity contribution < 1.29 is 0 Å². The Morgan fingerprint density at radius 2 is 1.90 bits per heavy atom. The van der Waals surface area contributed by atoms with Crippen molar-refractivity contribution in [2.45, 2.75) is 19.9 Å². The zero-order valence-corrected chi connectivity index (χ0v) is 6.07. The molecule has 4 heteroatoms. The molecule has 2 atom stereocenters. The largest absolute Gasteiger partial charge is 0.151 e. The summed E-state index contributed by atoms with van der Waals surface area (Å²) in [5.74, 6) is -0.255. The maximum absolute atomic E-state index is 9.93. The van der Waals surface area contributed by atoms with Crippen LogP contribution in [0, 0.1) is 15.7 Å². The second kappa shape index (κ2) is 3.87. The van der Waals surface area contributed by atoms with Gasteiger partial charge < -0.3 is 0 Å². The zero-order chi connectivity index (χ0) is 8.15. The van der Waals surface area contributed by atoms with Gasteiger partial charge in [0.25, 0.3) is 0 Å². The summed E-state index contributed by atoms with van der Waals surface area (Å²) in [6.07, 6.45) is 0. The van der Waals surface area contributed by atoms with Crippen LogP contribution in [0.15, 0.2) is 22.6 Å². The molecule has 0 aromatic carbocycles. The van der Waals surface area contributed by atoms with Crippen molar-refractivity contribution in [3.8, 4) is 0 Å². The summed E-state index contributed by atoms with van der Waals surface area (Å²) >= 11 is 0. The summed E-state index contributed by atoms with van der Waals surface area (Å²) < 4.78 is 0. The summed E-state index contributed by atoms with van der Waals surface area (Å²) in [4.78, 5) is 19.8. The van der Waals surface area contributed by atoms with E-state index in [-0.39, 0.29) is 11.6 Å². The van der Waals surface area contributed by atoms with Gasteiger partial charge in [-0.1, -0.05) is 18.7 Å². The number of nitrogens with zero attached hydrogens (tertiary/aromatic N) is 2. The summed E-state index contributed by atoms with van der Waals surface area (Å²) in [5, 5.41) is 5.36. The van der Waals surface area contributed by atoms with Crippen LogP contribution in [0.5, 0.6) is 0 Å². The normalized spacial score (nSPS) is 15.4. The van der Waals surface area contributed by atoms with Gasteiger partial charge in [0.05, 0.1) is 11.7 Å². The molecule has 0 amide bonds. The summed E-state index contributed by atoms with van der Waals surface area (Å²) in [7, 11) is 0. The lowest BCUT2D eigenvalue weighted by Gasteiger charge is -2.08. The lowest BCUT2D eigenvalue weighted by Crippen LogP contribution is -2.11. The van der Waals surface area contributed by atoms with Crippen molar-refractivity contribution >= 4 is 0 Å². The molecule has 0 fully saturated rings. The van der Waals surface area contributed by atoms with Crippen LogP contribution in [0.1, 0.15) is 13.8 Å². The van der Waals surface area contributed by atoms with Gasteiger partial charge in [-0.3, -0.25) is 0 Å². The van der Waals surface area contributed by atoms with Crippen LogP contribution in [0.25, 0.3) is 0 Å². The van der Waals surface area contributed by atoms with E-state index in [4.69, 9.17) is 0 Å². The minimum atomic E-state index is -0.426. The molecule has 0 aromatic rings. The van der Waals surface area contributed by atoms with Crippen LogP contribution in [0.4, 0.5) is 0 Å². The molecule has 0 bridgehead atoms. The monoisotopic (exact) mass is 142 g/mol. The highest BCUT2D eigenvalue weighted by Gasteiger charge is 2.15. The lowest BCUT2D eigenvalue weighted by molar-refractivity contribution is 0.549. The topological polar surface area (TPSA) is 58.9 Å². The number of hydrogen-bond donors (Lipinski definition) is 0. The molecule has 0 saturated heterocycles. The Labute approximate surface area is 59.3 Å². The third kappa shape index (κ3) is 2.05. The number of rotatable bonds is 4. The van der Waals surface area contributed by atoms with Gasteiger partial charge in [0.2, 0.25) is 0 Å². The number of nitroso groups, excluding NO2 is 2. The van der Waals surface area contributed by atoms with E-state index in [2.05, 4.69) is 16.9 Å². The van der Waals surface area contributed by atoms with Crippen molar-refractivity contribution in [1.82, 2.24) is 0 Å². The maximum Gasteiger partial charge on any atom is 0.0973 e. The average molecular weight is 142 g/mol. The fraction of sp³-hybridized carbons (Fsp3) is 0.667. The molecule has 0 aliphatic heterocycles. The first kappa shape index (κ1) is 8.94. The first-order valence-corrected chi connectivity index (χ1v) is 2.98. The fourth-order valence-electron chi connectivity index (χ4n) is 0.453. The van der Waals surface area contributed by atoms with Crippen molar-refractivity contribution in [3.63, 3.8) is 0 Å². The van der Waals surface area contributed by atoms with Crippen molar-refractivity contribution in [1.29, 1.82) is 0 Å². The molecular formula is C6H10N2O2. The quantitative estimate of drug-likeness (QED) is 0.564.